The summed E-state index contributed by atoms with van der Waals surface area (Å²) in [5.41, 5.74) is 0.550. The van der Waals surface area contributed by atoms with Crippen molar-refractivity contribution >= 4 is 26.0 Å². The van der Waals surface area contributed by atoms with Gasteiger partial charge in [-0.05, 0) is 13.3 Å². The summed E-state index contributed by atoms with van der Waals surface area (Å²) in [6.07, 6.45) is 3.27. The molecule has 1 aromatic rings. The summed E-state index contributed by atoms with van der Waals surface area (Å²) in [6, 6.07) is 0. The minimum atomic E-state index is -3.43. The zero-order valence-corrected chi connectivity index (χ0v) is 11.7. The molecule has 0 aromatic carbocycles. The zero-order valence-electron chi connectivity index (χ0n) is 9.33. The van der Waals surface area contributed by atoms with Crippen LogP contribution in [0.2, 0.25) is 0 Å². The van der Waals surface area contributed by atoms with Gasteiger partial charge in [0.15, 0.2) is 0 Å². The average Bonchev–Trinajstić information content (AvgIpc) is 2.63. The number of halogens is 1. The normalized spacial score (nSPS) is 13.9. The maximum absolute atomic E-state index is 11.8. The summed E-state index contributed by atoms with van der Waals surface area (Å²) in [5, 5.41) is 6.30. The van der Waals surface area contributed by atoms with E-state index in [0.717, 1.165) is 12.8 Å². The molecule has 1 aromatic heterocycles. The van der Waals surface area contributed by atoms with Crippen LogP contribution in [0.4, 0.5) is 0 Å². The molecule has 2 N–H and O–H groups in total. The van der Waals surface area contributed by atoms with Crippen molar-refractivity contribution in [2.75, 3.05) is 6.54 Å². The van der Waals surface area contributed by atoms with Crippen LogP contribution < -0.4 is 4.72 Å². The first kappa shape index (κ1) is 13.7. The van der Waals surface area contributed by atoms with Gasteiger partial charge in [-0.1, -0.05) is 29.3 Å². The molecular formula is C9H16BrN3O2S. The first-order valence-electron chi connectivity index (χ1n) is 5.11. The maximum atomic E-state index is 11.8. The van der Waals surface area contributed by atoms with Gasteiger partial charge >= 0.3 is 0 Å². The summed E-state index contributed by atoms with van der Waals surface area (Å²) in [5.74, 6) is 0. The highest BCUT2D eigenvalue weighted by Gasteiger charge is 2.19. The quantitative estimate of drug-likeness (QED) is 0.783. The van der Waals surface area contributed by atoms with Gasteiger partial charge in [0.2, 0.25) is 10.0 Å². The van der Waals surface area contributed by atoms with Gasteiger partial charge in [0.25, 0.3) is 0 Å². The van der Waals surface area contributed by atoms with E-state index in [1.165, 1.54) is 6.20 Å². The predicted octanol–water partition coefficient (Wildman–Crippen LogP) is 1.56. The fraction of sp³-hybridized carbons (Fsp3) is 0.667. The lowest BCUT2D eigenvalue weighted by Crippen LogP contribution is -2.29. The van der Waals surface area contributed by atoms with Gasteiger partial charge in [-0.3, -0.25) is 5.10 Å². The Kier molecular flexibility index (Phi) is 4.94. The molecule has 0 spiro atoms. The third kappa shape index (κ3) is 3.57. The lowest BCUT2D eigenvalue weighted by Gasteiger charge is -2.10. The largest absolute Gasteiger partial charge is 0.281 e. The Labute approximate surface area is 104 Å². The number of nitrogens with zero attached hydrogens (tertiary/aromatic N) is 1. The van der Waals surface area contributed by atoms with Gasteiger partial charge in [-0.15, -0.1) is 0 Å². The van der Waals surface area contributed by atoms with E-state index in [9.17, 15) is 8.42 Å². The number of sulfonamides is 1. The van der Waals surface area contributed by atoms with Crippen molar-refractivity contribution in [2.45, 2.75) is 36.4 Å². The van der Waals surface area contributed by atoms with E-state index in [1.807, 2.05) is 0 Å². The molecule has 0 aliphatic heterocycles. The zero-order chi connectivity index (χ0) is 12.2. The van der Waals surface area contributed by atoms with Gasteiger partial charge in [0.1, 0.15) is 4.90 Å². The maximum Gasteiger partial charge on any atom is 0.243 e. The Morgan fingerprint density at radius 3 is 2.81 bits per heavy atom. The third-order valence-corrected chi connectivity index (χ3v) is 4.49. The molecule has 0 radical (unpaired) electrons. The lowest BCUT2D eigenvalue weighted by molar-refractivity contribution is 0.577. The summed E-state index contributed by atoms with van der Waals surface area (Å²) in [6.45, 7) is 4.13. The molecule has 0 fully saturated rings. The highest BCUT2D eigenvalue weighted by Crippen LogP contribution is 2.12. The van der Waals surface area contributed by atoms with Crippen molar-refractivity contribution in [1.82, 2.24) is 14.9 Å². The molecule has 7 heteroatoms. The fourth-order valence-corrected chi connectivity index (χ4v) is 3.35. The van der Waals surface area contributed by atoms with E-state index in [4.69, 9.17) is 0 Å². The topological polar surface area (TPSA) is 74.8 Å². The molecule has 1 atom stereocenters. The number of aromatic amines is 1. The molecule has 1 rings (SSSR count). The molecule has 0 saturated heterocycles. The molecule has 0 bridgehead atoms. The van der Waals surface area contributed by atoms with Crippen LogP contribution in [0, 0.1) is 6.92 Å². The van der Waals surface area contributed by atoms with Gasteiger partial charge in [-0.25, -0.2) is 13.1 Å². The van der Waals surface area contributed by atoms with E-state index >= 15 is 0 Å². The van der Waals surface area contributed by atoms with Crippen molar-refractivity contribution in [1.29, 1.82) is 0 Å². The minimum absolute atomic E-state index is 0.166. The Balaban J connectivity index is 2.63. The first-order valence-corrected chi connectivity index (χ1v) is 7.51. The standard InChI is InChI=1S/C9H16BrN3O2S/c1-3-4-8(10)5-12-16(14,15)9-6-11-13-7(9)2/h6,8,12H,3-5H2,1-2H3,(H,11,13). The summed E-state index contributed by atoms with van der Waals surface area (Å²) < 4.78 is 26.2. The molecule has 92 valence electrons. The Morgan fingerprint density at radius 1 is 1.62 bits per heavy atom. The lowest BCUT2D eigenvalue weighted by atomic mass is 10.2. The summed E-state index contributed by atoms with van der Waals surface area (Å²) in [4.78, 5) is 0.378. The monoisotopic (exact) mass is 309 g/mol. The molecule has 0 saturated carbocycles. The van der Waals surface area contributed by atoms with Crippen LogP contribution in [-0.4, -0.2) is 30.0 Å². The number of rotatable bonds is 6. The molecule has 1 unspecified atom stereocenters. The van der Waals surface area contributed by atoms with Crippen LogP contribution in [0.5, 0.6) is 0 Å². The third-order valence-electron chi connectivity index (χ3n) is 2.17. The smallest absolute Gasteiger partial charge is 0.243 e. The molecule has 16 heavy (non-hydrogen) atoms. The number of aryl methyl sites for hydroxylation is 1. The first-order chi connectivity index (χ1) is 7.47. The second-order valence-corrected chi connectivity index (χ2v) is 6.63. The van der Waals surface area contributed by atoms with Crippen molar-refractivity contribution < 1.29 is 8.42 Å². The van der Waals surface area contributed by atoms with Crippen molar-refractivity contribution in [3.8, 4) is 0 Å². The van der Waals surface area contributed by atoms with Crippen LogP contribution in [0.25, 0.3) is 0 Å². The van der Waals surface area contributed by atoms with E-state index in [1.54, 1.807) is 6.92 Å². The van der Waals surface area contributed by atoms with E-state index < -0.39 is 10.0 Å². The van der Waals surface area contributed by atoms with Gasteiger partial charge in [0.05, 0.1) is 11.9 Å². The van der Waals surface area contributed by atoms with Crippen molar-refractivity contribution in [3.05, 3.63) is 11.9 Å². The molecule has 5 nitrogen and oxygen atoms in total. The second-order valence-electron chi connectivity index (χ2n) is 3.60. The Hall–Kier alpha value is -0.400. The highest BCUT2D eigenvalue weighted by molar-refractivity contribution is 9.09. The molecule has 0 aliphatic rings. The predicted molar refractivity (Wildman–Crippen MR) is 66.1 cm³/mol. The van der Waals surface area contributed by atoms with Crippen molar-refractivity contribution in [2.24, 2.45) is 0 Å². The van der Waals surface area contributed by atoms with Crippen LogP contribution in [0.15, 0.2) is 11.1 Å². The number of aromatic nitrogens is 2. The number of alkyl halides is 1. The minimum Gasteiger partial charge on any atom is -0.281 e. The molecular weight excluding hydrogens is 294 g/mol. The highest BCUT2D eigenvalue weighted by atomic mass is 79.9. The van der Waals surface area contributed by atoms with E-state index in [0.29, 0.717) is 12.2 Å². The SMILES string of the molecule is CCCC(Br)CNS(=O)(=O)c1cn[nH]c1C. The van der Waals surface area contributed by atoms with Gasteiger partial charge in [-0.2, -0.15) is 5.10 Å². The number of nitrogens with one attached hydrogen (secondary N) is 2. The summed E-state index contributed by atoms with van der Waals surface area (Å²) >= 11 is 3.42. The second kappa shape index (κ2) is 5.79. The van der Waals surface area contributed by atoms with Gasteiger partial charge in [0, 0.05) is 11.4 Å². The van der Waals surface area contributed by atoms with E-state index in [2.05, 4.69) is 37.8 Å². The number of hydrogen-bond donors (Lipinski definition) is 2. The summed E-state index contributed by atoms with van der Waals surface area (Å²) in [7, 11) is -3.43. The van der Waals surface area contributed by atoms with Gasteiger partial charge < -0.3 is 0 Å². The number of hydrogen-bond acceptors (Lipinski definition) is 3. The van der Waals surface area contributed by atoms with Crippen LogP contribution >= 0.6 is 15.9 Å². The van der Waals surface area contributed by atoms with Crippen LogP contribution in [-0.2, 0) is 10.0 Å². The molecule has 0 amide bonds. The van der Waals surface area contributed by atoms with E-state index in [-0.39, 0.29) is 9.72 Å². The average molecular weight is 310 g/mol. The Bertz CT molecular complexity index is 430. The fourth-order valence-electron chi connectivity index (χ4n) is 1.30. The van der Waals surface area contributed by atoms with Crippen LogP contribution in [0.1, 0.15) is 25.5 Å². The van der Waals surface area contributed by atoms with Crippen molar-refractivity contribution in [3.63, 3.8) is 0 Å². The van der Waals surface area contributed by atoms with Crippen LogP contribution in [0.3, 0.4) is 0 Å². The Morgan fingerprint density at radius 2 is 2.31 bits per heavy atom. The molecule has 1 heterocycles. The number of H-pyrrole nitrogens is 1. The molecule has 0 aliphatic carbocycles.